The van der Waals surface area contributed by atoms with Gasteiger partial charge in [0.2, 0.25) is 0 Å². The monoisotopic (exact) mass is 210 g/mol. The summed E-state index contributed by atoms with van der Waals surface area (Å²) in [6.45, 7) is 14.3. The van der Waals surface area contributed by atoms with Crippen LogP contribution in [0.3, 0.4) is 0 Å². The average molecular weight is 210 g/mol. The number of hydrogen-bond acceptors (Lipinski definition) is 0. The van der Waals surface area contributed by atoms with E-state index in [2.05, 4.69) is 65.8 Å². The molecule has 0 aromatic carbocycles. The van der Waals surface area contributed by atoms with E-state index in [1.54, 1.807) is 0 Å². The van der Waals surface area contributed by atoms with Crippen molar-refractivity contribution in [2.75, 3.05) is 0 Å². The Balaban J connectivity index is 2.94. The first kappa shape index (κ1) is 12.0. The fraction of sp³-hybridized carbons (Fsp3) is 0.692. The van der Waals surface area contributed by atoms with Gasteiger partial charge in [0.15, 0.2) is 0 Å². The van der Waals surface area contributed by atoms with Crippen molar-refractivity contribution in [1.82, 2.24) is 0 Å². The van der Waals surface area contributed by atoms with Crippen LogP contribution in [0, 0.1) is 0 Å². The Labute approximate surface area is 90.2 Å². The molecule has 0 aromatic rings. The molecule has 0 nitrogen and oxygen atoms in total. The van der Waals surface area contributed by atoms with Crippen molar-refractivity contribution in [2.45, 2.75) is 57.5 Å². The molecule has 1 aliphatic carbocycles. The average Bonchev–Trinajstić information content (AvgIpc) is 2.31. The maximum atomic E-state index is 2.38. The van der Waals surface area contributed by atoms with Crippen LogP contribution in [0.1, 0.15) is 41.5 Å². The third-order valence-electron chi connectivity index (χ3n) is 2.47. The molecule has 14 heavy (non-hydrogen) atoms. The summed E-state index contributed by atoms with van der Waals surface area (Å²) >= 11 is 0. The van der Waals surface area contributed by atoms with Gasteiger partial charge in [-0.25, -0.2) is 0 Å². The van der Waals surface area contributed by atoms with Crippen LogP contribution in [0.15, 0.2) is 24.3 Å². The highest BCUT2D eigenvalue weighted by Crippen LogP contribution is 2.63. The Bertz CT molecular complexity index is 221. The van der Waals surface area contributed by atoms with E-state index >= 15 is 0 Å². The minimum absolute atomic E-state index is 0.0175. The highest BCUT2D eigenvalue weighted by atomic mass is 31.1. The molecule has 80 valence electrons. The summed E-state index contributed by atoms with van der Waals surface area (Å²) < 4.78 is 0. The molecule has 0 spiro atoms. The second-order valence-electron chi connectivity index (χ2n) is 5.97. The third-order valence-corrected chi connectivity index (χ3v) is 6.30. The van der Waals surface area contributed by atoms with Gasteiger partial charge in [-0.15, -0.1) is 0 Å². The molecule has 1 rings (SSSR count). The number of allylic oxidation sites excluding steroid dienone is 4. The fourth-order valence-corrected chi connectivity index (χ4v) is 6.84. The van der Waals surface area contributed by atoms with E-state index in [4.69, 9.17) is 0 Å². The summed E-state index contributed by atoms with van der Waals surface area (Å²) in [5, 5.41) is 0.856. The summed E-state index contributed by atoms with van der Waals surface area (Å²) in [7, 11) is -0.0175. The van der Waals surface area contributed by atoms with Gasteiger partial charge in [0.25, 0.3) is 0 Å². The van der Waals surface area contributed by atoms with Crippen molar-refractivity contribution in [3.63, 3.8) is 0 Å². The van der Waals surface area contributed by atoms with Crippen LogP contribution in [0.5, 0.6) is 0 Å². The first-order chi connectivity index (χ1) is 6.23. The van der Waals surface area contributed by atoms with Gasteiger partial charge < -0.3 is 0 Å². The molecule has 0 aliphatic heterocycles. The smallest absolute Gasteiger partial charge is 0.0165 e. The number of rotatable bonds is 1. The van der Waals surface area contributed by atoms with Crippen LogP contribution in [0.25, 0.3) is 0 Å². The molecule has 0 radical (unpaired) electrons. The summed E-state index contributed by atoms with van der Waals surface area (Å²) in [6, 6.07) is 0. The molecule has 0 atom stereocenters. The van der Waals surface area contributed by atoms with E-state index in [9.17, 15) is 0 Å². The quantitative estimate of drug-likeness (QED) is 0.556. The van der Waals surface area contributed by atoms with Gasteiger partial charge in [0.05, 0.1) is 0 Å². The largest absolute Gasteiger partial charge is 0.0846 e. The Morgan fingerprint density at radius 3 is 1.43 bits per heavy atom. The topological polar surface area (TPSA) is 0 Å². The fourth-order valence-electron chi connectivity index (χ4n) is 2.49. The normalized spacial score (nSPS) is 18.5. The third kappa shape index (κ3) is 2.70. The zero-order chi connectivity index (χ0) is 11.0. The summed E-state index contributed by atoms with van der Waals surface area (Å²) in [5.74, 6) is 0. The van der Waals surface area contributed by atoms with E-state index in [1.807, 2.05) is 0 Å². The Kier molecular flexibility index (Phi) is 3.26. The van der Waals surface area contributed by atoms with E-state index in [0.29, 0.717) is 16.0 Å². The summed E-state index contributed by atoms with van der Waals surface area (Å²) in [4.78, 5) is 0. The van der Waals surface area contributed by atoms with Crippen LogP contribution in [0.4, 0.5) is 0 Å². The maximum Gasteiger partial charge on any atom is 0.0165 e. The Morgan fingerprint density at radius 2 is 1.14 bits per heavy atom. The van der Waals surface area contributed by atoms with E-state index in [-0.39, 0.29) is 7.92 Å². The van der Waals surface area contributed by atoms with Crippen molar-refractivity contribution >= 4 is 7.92 Å². The predicted octanol–water partition coefficient (Wildman–Crippen LogP) is 4.56. The molecule has 0 fully saturated rings. The zero-order valence-corrected chi connectivity index (χ0v) is 11.2. The lowest BCUT2D eigenvalue weighted by atomic mass is 10.2. The molecule has 0 unspecified atom stereocenters. The minimum atomic E-state index is -0.0175. The van der Waals surface area contributed by atoms with Gasteiger partial charge in [-0.1, -0.05) is 73.8 Å². The van der Waals surface area contributed by atoms with Gasteiger partial charge >= 0.3 is 0 Å². The van der Waals surface area contributed by atoms with Crippen molar-refractivity contribution < 1.29 is 0 Å². The van der Waals surface area contributed by atoms with E-state index < -0.39 is 0 Å². The van der Waals surface area contributed by atoms with Gasteiger partial charge in [-0.2, -0.15) is 0 Å². The lowest BCUT2D eigenvalue weighted by molar-refractivity contribution is 0.701. The van der Waals surface area contributed by atoms with Gasteiger partial charge in [0, 0.05) is 5.66 Å². The number of hydrogen-bond donors (Lipinski definition) is 0. The van der Waals surface area contributed by atoms with Crippen molar-refractivity contribution in [3.8, 4) is 0 Å². The first-order valence-corrected chi connectivity index (χ1v) is 6.78. The molecule has 0 saturated carbocycles. The van der Waals surface area contributed by atoms with Crippen molar-refractivity contribution in [3.05, 3.63) is 24.3 Å². The molecule has 0 aromatic heterocycles. The van der Waals surface area contributed by atoms with Crippen molar-refractivity contribution in [2.24, 2.45) is 0 Å². The molecular weight excluding hydrogens is 187 g/mol. The first-order valence-electron chi connectivity index (χ1n) is 5.37. The Morgan fingerprint density at radius 1 is 0.786 bits per heavy atom. The highest BCUT2D eigenvalue weighted by molar-refractivity contribution is 7.62. The van der Waals surface area contributed by atoms with Crippen LogP contribution in [-0.2, 0) is 0 Å². The van der Waals surface area contributed by atoms with E-state index in [1.165, 1.54) is 0 Å². The second kappa shape index (κ2) is 3.81. The molecule has 0 saturated heterocycles. The Hall–Kier alpha value is -0.0900. The zero-order valence-electron chi connectivity index (χ0n) is 10.3. The second-order valence-corrected chi connectivity index (χ2v) is 9.99. The molecule has 0 amide bonds. The van der Waals surface area contributed by atoms with Crippen LogP contribution < -0.4 is 0 Å². The summed E-state index contributed by atoms with van der Waals surface area (Å²) in [5.41, 5.74) is 0.685. The standard InChI is InChI=1S/C13H23P/c1-12(2,3)14(13(4,5)6)11-9-7-8-10-11/h7-11H,1-6H3. The maximum absolute atomic E-state index is 2.38. The molecule has 1 heteroatoms. The van der Waals surface area contributed by atoms with Gasteiger partial charge in [0.1, 0.15) is 0 Å². The molecule has 0 bridgehead atoms. The van der Waals surface area contributed by atoms with Gasteiger partial charge in [-0.05, 0) is 10.3 Å². The lowest BCUT2D eigenvalue weighted by Crippen LogP contribution is -2.29. The minimum Gasteiger partial charge on any atom is -0.0846 e. The van der Waals surface area contributed by atoms with Gasteiger partial charge in [-0.3, -0.25) is 0 Å². The van der Waals surface area contributed by atoms with Crippen molar-refractivity contribution in [1.29, 1.82) is 0 Å². The van der Waals surface area contributed by atoms with E-state index in [0.717, 1.165) is 0 Å². The lowest BCUT2D eigenvalue weighted by Gasteiger charge is -2.44. The van der Waals surface area contributed by atoms with Crippen LogP contribution in [-0.4, -0.2) is 16.0 Å². The van der Waals surface area contributed by atoms with Crippen LogP contribution >= 0.6 is 7.92 Å². The van der Waals surface area contributed by atoms with Crippen LogP contribution in [0.2, 0.25) is 0 Å². The predicted molar refractivity (Wildman–Crippen MR) is 68.5 cm³/mol. The molecule has 0 N–H and O–H groups in total. The highest BCUT2D eigenvalue weighted by Gasteiger charge is 2.38. The molecular formula is C13H23P. The molecule has 0 heterocycles. The summed E-state index contributed by atoms with van der Waals surface area (Å²) in [6.07, 6.45) is 9.11. The molecule has 1 aliphatic rings. The SMILES string of the molecule is CC(C)(C)P(C1C=CC=C1)C(C)(C)C.